The average Bonchev–Trinajstić information content (AvgIpc) is 3.13. The van der Waals surface area contributed by atoms with E-state index in [1.165, 1.54) is 18.2 Å². The Morgan fingerprint density at radius 3 is 2.27 bits per heavy atom. The standard InChI is InChI=1S/C30H30O7S.C11H24N2O4/c1-2-11-34-13-14-35-12-3-4-23(38)15-20-5-8-24(27(16-20)36-19-31)30-25-9-6-21(32)17-28(25)37-29-18-22(33)7-10-26(29)30;1-11(2,3)17-10(14)13-5-7-16-9-8-15-6-4-12/h5-10,16-19,32H,2-4,11-15H2,1H3;4-9,12H2,1-3H3,(H,13,14). The van der Waals surface area contributed by atoms with E-state index in [0.717, 1.165) is 41.9 Å². The fraction of sp³-hybridized carbons (Fsp3) is 0.463. The van der Waals surface area contributed by atoms with Crippen LogP contribution in [0.2, 0.25) is 0 Å². The monoisotopic (exact) mass is 782 g/mol. The zero-order valence-electron chi connectivity index (χ0n) is 32.2. The fourth-order valence-electron chi connectivity index (χ4n) is 5.28. The van der Waals surface area contributed by atoms with E-state index in [0.29, 0.717) is 106 Å². The molecule has 0 unspecified atom stereocenters. The van der Waals surface area contributed by atoms with Crippen molar-refractivity contribution in [2.24, 2.45) is 5.73 Å². The molecule has 2 aliphatic rings. The highest BCUT2D eigenvalue weighted by Crippen LogP contribution is 2.44. The molecule has 0 spiro atoms. The number of carbonyl (C=O) groups is 2. The number of rotatable bonds is 22. The molecule has 0 fully saturated rings. The molecule has 300 valence electrons. The molecule has 0 radical (unpaired) electrons. The Kier molecular flexibility index (Phi) is 19.7. The lowest BCUT2D eigenvalue weighted by atomic mass is 9.92. The molecule has 2 aromatic rings. The van der Waals surface area contributed by atoms with Gasteiger partial charge in [0.2, 0.25) is 0 Å². The number of hydrogen-bond acceptors (Lipinski definition) is 13. The van der Waals surface area contributed by atoms with Crippen LogP contribution in [0.4, 0.5) is 4.79 Å². The minimum Gasteiger partial charge on any atom is -0.508 e. The van der Waals surface area contributed by atoms with Gasteiger partial charge in [-0.1, -0.05) is 31.3 Å². The first-order valence-electron chi connectivity index (χ1n) is 18.4. The fourth-order valence-corrected chi connectivity index (χ4v) is 5.59. The van der Waals surface area contributed by atoms with Gasteiger partial charge in [-0.2, -0.15) is 0 Å². The Labute approximate surface area is 327 Å². The first-order chi connectivity index (χ1) is 26.4. The Morgan fingerprint density at radius 1 is 0.891 bits per heavy atom. The number of fused-ring (bicyclic) bond motifs is 2. The number of carbonyl (C=O) groups excluding carboxylic acids is 2. The van der Waals surface area contributed by atoms with Crippen LogP contribution in [0.1, 0.15) is 52.5 Å². The number of nitrogens with one attached hydrogen (secondary N) is 1. The van der Waals surface area contributed by atoms with Gasteiger partial charge in [-0.15, -0.1) is 0 Å². The molecule has 0 saturated carbocycles. The number of alkyl carbamates (subject to hydrolysis) is 1. The largest absolute Gasteiger partial charge is 0.508 e. The highest BCUT2D eigenvalue weighted by molar-refractivity contribution is 7.80. The molecule has 1 heterocycles. The summed E-state index contributed by atoms with van der Waals surface area (Å²) in [5, 5.41) is 13.3. The van der Waals surface area contributed by atoms with Crippen LogP contribution in [-0.4, -0.2) is 94.1 Å². The van der Waals surface area contributed by atoms with Crippen molar-refractivity contribution < 1.29 is 47.5 Å². The normalized spacial score (nSPS) is 11.2. The molecule has 0 saturated heterocycles. The van der Waals surface area contributed by atoms with E-state index in [1.807, 2.05) is 39.0 Å². The lowest BCUT2D eigenvalue weighted by Crippen LogP contribution is -2.34. The van der Waals surface area contributed by atoms with Crippen molar-refractivity contribution in [3.05, 3.63) is 70.4 Å². The van der Waals surface area contributed by atoms with Crippen LogP contribution in [0.5, 0.6) is 11.5 Å². The SMILES string of the molecule is CC(C)(C)OC(=O)NCCOCCOCCN.CCCOCCOCCCC(=S)Cc1ccc(-c2c3ccc(=O)cc-3oc3cc(O)ccc23)c(OC=O)c1. The summed E-state index contributed by atoms with van der Waals surface area (Å²) in [5.74, 6) is 0.768. The summed E-state index contributed by atoms with van der Waals surface area (Å²) in [6, 6.07) is 15.0. The number of nitrogens with two attached hydrogens (primary N) is 1. The number of ether oxygens (including phenoxy) is 6. The number of hydrogen-bond donors (Lipinski definition) is 3. The molecular weight excluding hydrogens is 729 g/mol. The maximum Gasteiger partial charge on any atom is 0.407 e. The van der Waals surface area contributed by atoms with Gasteiger partial charge in [0.25, 0.3) is 6.47 Å². The van der Waals surface area contributed by atoms with Crippen LogP contribution in [0.25, 0.3) is 33.4 Å². The summed E-state index contributed by atoms with van der Waals surface area (Å²) in [5.41, 5.74) is 7.96. The Morgan fingerprint density at radius 2 is 1.58 bits per heavy atom. The van der Waals surface area contributed by atoms with Gasteiger partial charge in [-0.3, -0.25) is 9.59 Å². The minimum absolute atomic E-state index is 0.0354. The molecule has 4 rings (SSSR count). The molecule has 1 aliphatic carbocycles. The zero-order valence-corrected chi connectivity index (χ0v) is 33.0. The van der Waals surface area contributed by atoms with Crippen LogP contribution in [-0.2, 0) is 34.9 Å². The summed E-state index contributed by atoms with van der Waals surface area (Å²) >= 11 is 5.60. The minimum atomic E-state index is -0.471. The van der Waals surface area contributed by atoms with Crippen LogP contribution in [0, 0.1) is 0 Å². The van der Waals surface area contributed by atoms with Crippen LogP contribution in [0.3, 0.4) is 0 Å². The molecule has 0 bridgehead atoms. The molecule has 13 nitrogen and oxygen atoms in total. The second kappa shape index (κ2) is 24.2. The number of amides is 1. The second-order valence-electron chi connectivity index (χ2n) is 13.3. The number of benzene rings is 3. The summed E-state index contributed by atoms with van der Waals surface area (Å²) in [4.78, 5) is 35.5. The van der Waals surface area contributed by atoms with Gasteiger partial charge < -0.3 is 49.0 Å². The predicted molar refractivity (Wildman–Crippen MR) is 215 cm³/mol. The molecule has 0 aromatic heterocycles. The van der Waals surface area contributed by atoms with Gasteiger partial charge in [0.15, 0.2) is 5.43 Å². The Bertz CT molecular complexity index is 1820. The molecule has 1 amide bonds. The number of phenols is 1. The topological polar surface area (TPSA) is 178 Å². The van der Waals surface area contributed by atoms with E-state index in [-0.39, 0.29) is 11.2 Å². The Balaban J connectivity index is 0.000000404. The van der Waals surface area contributed by atoms with Gasteiger partial charge in [0, 0.05) is 66.9 Å². The third-order valence-electron chi connectivity index (χ3n) is 7.58. The van der Waals surface area contributed by atoms with E-state index in [1.54, 1.807) is 18.2 Å². The summed E-state index contributed by atoms with van der Waals surface area (Å²) in [7, 11) is 0. The summed E-state index contributed by atoms with van der Waals surface area (Å²) in [6.07, 6.45) is 2.69. The van der Waals surface area contributed by atoms with E-state index < -0.39 is 11.7 Å². The molecule has 0 atom stereocenters. The quantitative estimate of drug-likeness (QED) is 0.0344. The van der Waals surface area contributed by atoms with Crippen molar-refractivity contribution in [1.82, 2.24) is 5.32 Å². The predicted octanol–water partition coefficient (Wildman–Crippen LogP) is 6.44. The van der Waals surface area contributed by atoms with Crippen molar-refractivity contribution in [3.8, 4) is 33.9 Å². The van der Waals surface area contributed by atoms with E-state index in [9.17, 15) is 19.5 Å². The summed E-state index contributed by atoms with van der Waals surface area (Å²) < 4.78 is 37.7. The Hall–Kier alpha value is -4.44. The zero-order chi connectivity index (χ0) is 40.1. The highest BCUT2D eigenvalue weighted by atomic mass is 32.1. The maximum atomic E-state index is 12.0. The molecule has 14 heteroatoms. The van der Waals surface area contributed by atoms with Gasteiger partial charge in [0.05, 0.1) is 39.6 Å². The number of aromatic hydroxyl groups is 1. The molecule has 4 N–H and O–H groups in total. The van der Waals surface area contributed by atoms with Gasteiger partial charge in [0.1, 0.15) is 28.4 Å². The van der Waals surface area contributed by atoms with Crippen molar-refractivity contribution >= 4 is 40.6 Å². The lowest BCUT2D eigenvalue weighted by Gasteiger charge is -2.19. The van der Waals surface area contributed by atoms with Crippen LogP contribution in [0.15, 0.2) is 63.8 Å². The van der Waals surface area contributed by atoms with Crippen molar-refractivity contribution in [1.29, 1.82) is 0 Å². The van der Waals surface area contributed by atoms with Crippen molar-refractivity contribution in [3.63, 3.8) is 0 Å². The third kappa shape index (κ3) is 16.4. The average molecular weight is 783 g/mol. The van der Waals surface area contributed by atoms with Crippen molar-refractivity contribution in [2.75, 3.05) is 65.9 Å². The summed E-state index contributed by atoms with van der Waals surface area (Å²) in [6.45, 7) is 13.4. The third-order valence-corrected chi connectivity index (χ3v) is 7.93. The molecule has 1 aliphatic heterocycles. The smallest absolute Gasteiger partial charge is 0.407 e. The van der Waals surface area contributed by atoms with Crippen molar-refractivity contribution in [2.45, 2.75) is 59.0 Å². The van der Waals surface area contributed by atoms with E-state index in [4.69, 9.17) is 50.8 Å². The number of thiocarbonyl (C=S) groups is 1. The van der Waals surface area contributed by atoms with Gasteiger partial charge in [-0.05, 0) is 80.8 Å². The molecule has 2 aromatic carbocycles. The second-order valence-corrected chi connectivity index (χ2v) is 13.9. The maximum absolute atomic E-state index is 12.0. The first kappa shape index (κ1) is 45.0. The molecular formula is C41H54N2O11S. The van der Waals surface area contributed by atoms with Gasteiger partial charge in [-0.25, -0.2) is 4.79 Å². The lowest BCUT2D eigenvalue weighted by molar-refractivity contribution is -0.120. The van der Waals surface area contributed by atoms with E-state index >= 15 is 0 Å². The van der Waals surface area contributed by atoms with Crippen LogP contribution < -0.4 is 21.2 Å². The molecule has 55 heavy (non-hydrogen) atoms. The van der Waals surface area contributed by atoms with E-state index in [2.05, 4.69) is 12.2 Å². The van der Waals surface area contributed by atoms with Gasteiger partial charge >= 0.3 is 6.09 Å². The number of phenolic OH excluding ortho intramolecular Hbond substituents is 1. The van der Waals surface area contributed by atoms with Crippen LogP contribution >= 0.6 is 12.2 Å². The first-order valence-corrected chi connectivity index (χ1v) is 18.8. The highest BCUT2D eigenvalue weighted by Gasteiger charge is 2.21.